The molecule has 0 amide bonds. The Morgan fingerprint density at radius 2 is 2.50 bits per heavy atom. The lowest BCUT2D eigenvalue weighted by atomic mass is 9.95. The summed E-state index contributed by atoms with van der Waals surface area (Å²) in [5, 5.41) is 2.85. The predicted octanol–water partition coefficient (Wildman–Crippen LogP) is 3.02. The van der Waals surface area contributed by atoms with Crippen LogP contribution in [0.4, 0.5) is 0 Å². The molecule has 0 bridgehead atoms. The van der Waals surface area contributed by atoms with Gasteiger partial charge in [0.15, 0.2) is 0 Å². The molecule has 1 aliphatic rings. The van der Waals surface area contributed by atoms with E-state index in [0.717, 1.165) is 17.8 Å². The Morgan fingerprint density at radius 3 is 3.07 bits per heavy atom. The maximum Gasteiger partial charge on any atom is 0.110 e. The fourth-order valence-electron chi connectivity index (χ4n) is 1.57. The summed E-state index contributed by atoms with van der Waals surface area (Å²) in [6.07, 6.45) is 8.59. The summed E-state index contributed by atoms with van der Waals surface area (Å²) in [5.74, 6) is 1.27. The minimum atomic E-state index is 0.265. The number of allylic oxidation sites excluding steroid dienone is 2. The summed E-state index contributed by atoms with van der Waals surface area (Å²) in [7, 11) is 0. The summed E-state index contributed by atoms with van der Waals surface area (Å²) in [5.41, 5.74) is 0.989. The first-order chi connectivity index (χ1) is 6.90. The predicted molar refractivity (Wildman–Crippen MR) is 54.0 cm³/mol. The van der Waals surface area contributed by atoms with E-state index < -0.39 is 0 Å². The molecule has 1 aliphatic carbocycles. The molecule has 1 aromatic heterocycles. The van der Waals surface area contributed by atoms with E-state index in [2.05, 4.69) is 11.3 Å². The lowest BCUT2D eigenvalue weighted by Gasteiger charge is -2.12. The van der Waals surface area contributed by atoms with Crippen molar-refractivity contribution in [2.75, 3.05) is 6.54 Å². The minimum Gasteiger partial charge on any atom is -0.469 e. The van der Waals surface area contributed by atoms with Gasteiger partial charge in [-0.3, -0.25) is 0 Å². The fraction of sp³-hybridized carbons (Fsp3) is 0.273. The lowest BCUT2D eigenvalue weighted by molar-refractivity contribution is 0.489. The highest BCUT2D eigenvalue weighted by molar-refractivity contribution is 5.29. The zero-order valence-corrected chi connectivity index (χ0v) is 7.72. The zero-order chi connectivity index (χ0) is 9.80. The van der Waals surface area contributed by atoms with Gasteiger partial charge in [-0.2, -0.15) is 4.91 Å². The van der Waals surface area contributed by atoms with Gasteiger partial charge in [0.2, 0.25) is 0 Å². The average molecular weight is 189 g/mol. The van der Waals surface area contributed by atoms with E-state index in [4.69, 9.17) is 4.42 Å². The van der Waals surface area contributed by atoms with Crippen LogP contribution in [0.15, 0.2) is 51.8 Å². The lowest BCUT2D eigenvalue weighted by Crippen LogP contribution is -1.98. The molecule has 3 heteroatoms. The molecule has 0 aliphatic heterocycles. The Balaban J connectivity index is 2.04. The highest BCUT2D eigenvalue weighted by atomic mass is 16.3. The monoisotopic (exact) mass is 189 g/mol. The average Bonchev–Trinajstić information content (AvgIpc) is 2.72. The highest BCUT2D eigenvalue weighted by Crippen LogP contribution is 2.26. The van der Waals surface area contributed by atoms with Crippen molar-refractivity contribution in [3.63, 3.8) is 0 Å². The molecule has 1 unspecified atom stereocenters. The maximum absolute atomic E-state index is 10.0. The summed E-state index contributed by atoms with van der Waals surface area (Å²) in [6, 6.07) is 3.85. The third-order valence-electron chi connectivity index (χ3n) is 2.33. The van der Waals surface area contributed by atoms with Crippen LogP contribution in [0.2, 0.25) is 0 Å². The van der Waals surface area contributed by atoms with E-state index in [0.29, 0.717) is 5.92 Å². The number of hydrogen-bond donors (Lipinski definition) is 0. The van der Waals surface area contributed by atoms with Crippen LogP contribution in [0.1, 0.15) is 18.1 Å². The zero-order valence-electron chi connectivity index (χ0n) is 7.72. The van der Waals surface area contributed by atoms with Crippen molar-refractivity contribution in [1.29, 1.82) is 0 Å². The first-order valence-corrected chi connectivity index (χ1v) is 4.60. The van der Waals surface area contributed by atoms with Crippen LogP contribution >= 0.6 is 0 Å². The normalized spacial score (nSPS) is 20.6. The van der Waals surface area contributed by atoms with Gasteiger partial charge in [0.05, 0.1) is 6.26 Å². The largest absolute Gasteiger partial charge is 0.469 e. The third kappa shape index (κ3) is 1.82. The smallest absolute Gasteiger partial charge is 0.110 e. The molecule has 0 saturated carbocycles. The SMILES string of the molecule is O=NCC1=CCC(c2ccco2)C=C1. The molecule has 1 atom stereocenters. The number of hydrogen-bond acceptors (Lipinski definition) is 3. The number of rotatable bonds is 3. The van der Waals surface area contributed by atoms with Gasteiger partial charge >= 0.3 is 0 Å². The molecule has 0 fully saturated rings. The van der Waals surface area contributed by atoms with E-state index in [9.17, 15) is 4.91 Å². The molecule has 1 aromatic rings. The Hall–Kier alpha value is -1.64. The van der Waals surface area contributed by atoms with Crippen molar-refractivity contribution in [3.8, 4) is 0 Å². The number of nitrogens with zero attached hydrogens (tertiary/aromatic N) is 1. The third-order valence-corrected chi connectivity index (χ3v) is 2.33. The molecule has 3 nitrogen and oxygen atoms in total. The topological polar surface area (TPSA) is 42.6 Å². The number of nitroso groups, excluding NO2 is 1. The van der Waals surface area contributed by atoms with E-state index >= 15 is 0 Å². The van der Waals surface area contributed by atoms with Crippen molar-refractivity contribution in [1.82, 2.24) is 0 Å². The van der Waals surface area contributed by atoms with E-state index in [1.807, 2.05) is 24.3 Å². The summed E-state index contributed by atoms with van der Waals surface area (Å²) in [6.45, 7) is 0.265. The molecule has 2 rings (SSSR count). The summed E-state index contributed by atoms with van der Waals surface area (Å²) >= 11 is 0. The molecule has 0 aromatic carbocycles. The second kappa shape index (κ2) is 4.05. The highest BCUT2D eigenvalue weighted by Gasteiger charge is 2.12. The Bertz CT molecular complexity index is 363. The van der Waals surface area contributed by atoms with Crippen LogP contribution in [0.5, 0.6) is 0 Å². The van der Waals surface area contributed by atoms with Crippen molar-refractivity contribution in [2.45, 2.75) is 12.3 Å². The molecule has 14 heavy (non-hydrogen) atoms. The summed E-state index contributed by atoms with van der Waals surface area (Å²) < 4.78 is 5.30. The Kier molecular flexibility index (Phi) is 2.58. The standard InChI is InChI=1S/C11H11NO2/c13-12-8-9-3-5-10(6-4-9)11-2-1-7-14-11/h1-5,7,10H,6,8H2. The van der Waals surface area contributed by atoms with Gasteiger partial charge in [-0.05, 0) is 24.1 Å². The van der Waals surface area contributed by atoms with Crippen LogP contribution in [-0.4, -0.2) is 6.54 Å². The van der Waals surface area contributed by atoms with Crippen molar-refractivity contribution >= 4 is 0 Å². The Labute approximate surface area is 82.1 Å². The minimum absolute atomic E-state index is 0.265. The van der Waals surface area contributed by atoms with Crippen LogP contribution < -0.4 is 0 Å². The first-order valence-electron chi connectivity index (χ1n) is 4.60. The molecular weight excluding hydrogens is 178 g/mol. The van der Waals surface area contributed by atoms with Gasteiger partial charge in [-0.15, -0.1) is 0 Å². The van der Waals surface area contributed by atoms with Gasteiger partial charge in [0, 0.05) is 5.92 Å². The van der Waals surface area contributed by atoms with Gasteiger partial charge in [-0.1, -0.05) is 23.4 Å². The molecular formula is C11H11NO2. The maximum atomic E-state index is 10.0. The second-order valence-corrected chi connectivity index (χ2v) is 3.28. The molecule has 0 N–H and O–H groups in total. The molecule has 1 heterocycles. The van der Waals surface area contributed by atoms with E-state index in [1.165, 1.54) is 0 Å². The molecule has 72 valence electrons. The van der Waals surface area contributed by atoms with Crippen molar-refractivity contribution in [3.05, 3.63) is 52.9 Å². The second-order valence-electron chi connectivity index (χ2n) is 3.28. The van der Waals surface area contributed by atoms with Crippen LogP contribution in [0.3, 0.4) is 0 Å². The van der Waals surface area contributed by atoms with Gasteiger partial charge < -0.3 is 4.42 Å². The Morgan fingerprint density at radius 1 is 1.57 bits per heavy atom. The van der Waals surface area contributed by atoms with Crippen molar-refractivity contribution in [2.24, 2.45) is 5.18 Å². The van der Waals surface area contributed by atoms with Gasteiger partial charge in [-0.25, -0.2) is 0 Å². The molecule has 0 spiro atoms. The molecule has 0 saturated heterocycles. The van der Waals surface area contributed by atoms with Crippen LogP contribution in [-0.2, 0) is 0 Å². The number of furan rings is 1. The first kappa shape index (κ1) is 8.94. The quantitative estimate of drug-likeness (QED) is 0.686. The van der Waals surface area contributed by atoms with Crippen LogP contribution in [0, 0.1) is 4.91 Å². The van der Waals surface area contributed by atoms with Crippen molar-refractivity contribution < 1.29 is 4.42 Å². The van der Waals surface area contributed by atoms with Gasteiger partial charge in [0.1, 0.15) is 12.3 Å². The summed E-state index contributed by atoms with van der Waals surface area (Å²) in [4.78, 5) is 10.0. The van der Waals surface area contributed by atoms with Gasteiger partial charge in [0.25, 0.3) is 0 Å². The van der Waals surface area contributed by atoms with E-state index in [1.54, 1.807) is 6.26 Å². The van der Waals surface area contributed by atoms with E-state index in [-0.39, 0.29) is 6.54 Å². The molecule has 0 radical (unpaired) electrons. The van der Waals surface area contributed by atoms with Crippen LogP contribution in [0.25, 0.3) is 0 Å². The fourth-order valence-corrected chi connectivity index (χ4v) is 1.57.